The zero-order valence-electron chi connectivity index (χ0n) is 10.2. The average molecular weight is 231 g/mol. The zero-order chi connectivity index (χ0) is 12.7. The molecule has 17 heavy (non-hydrogen) atoms. The lowest BCUT2D eigenvalue weighted by Gasteiger charge is -2.24. The molecule has 1 atom stereocenters. The minimum Gasteiger partial charge on any atom is -0.325 e. The van der Waals surface area contributed by atoms with Crippen molar-refractivity contribution in [2.45, 2.75) is 19.9 Å². The monoisotopic (exact) mass is 231 g/mol. The molecule has 1 amide bonds. The van der Waals surface area contributed by atoms with Crippen LogP contribution in [0.4, 0.5) is 5.69 Å². The van der Waals surface area contributed by atoms with E-state index in [4.69, 9.17) is 5.26 Å². The van der Waals surface area contributed by atoms with Gasteiger partial charge in [-0.05, 0) is 25.6 Å². The van der Waals surface area contributed by atoms with Crippen molar-refractivity contribution in [1.29, 1.82) is 5.26 Å². The summed E-state index contributed by atoms with van der Waals surface area (Å²) in [6.07, 6.45) is 0. The Kier molecular flexibility index (Phi) is 5.18. The number of para-hydroxylation sites is 1. The molecule has 0 saturated heterocycles. The number of likely N-dealkylation sites (N-methyl/N-ethyl adjacent to an activating group) is 1. The molecule has 0 aromatic heterocycles. The van der Waals surface area contributed by atoms with E-state index in [1.54, 1.807) is 6.92 Å². The maximum absolute atomic E-state index is 11.9. The van der Waals surface area contributed by atoms with Crippen LogP contribution in [0.15, 0.2) is 30.3 Å². The lowest BCUT2D eigenvalue weighted by atomic mass is 10.2. The van der Waals surface area contributed by atoms with Gasteiger partial charge in [0.1, 0.15) is 0 Å². The first-order chi connectivity index (χ1) is 8.19. The maximum atomic E-state index is 11.9. The van der Waals surface area contributed by atoms with Crippen molar-refractivity contribution in [3.05, 3.63) is 30.3 Å². The Morgan fingerprint density at radius 2 is 2.12 bits per heavy atom. The summed E-state index contributed by atoms with van der Waals surface area (Å²) in [4.78, 5) is 13.7. The predicted molar refractivity (Wildman–Crippen MR) is 67.4 cm³/mol. The van der Waals surface area contributed by atoms with E-state index in [1.165, 1.54) is 0 Å². The van der Waals surface area contributed by atoms with E-state index >= 15 is 0 Å². The van der Waals surface area contributed by atoms with E-state index in [9.17, 15) is 4.79 Å². The molecular weight excluding hydrogens is 214 g/mol. The summed E-state index contributed by atoms with van der Waals surface area (Å²) in [6.45, 7) is 4.68. The number of hydrogen-bond donors (Lipinski definition) is 1. The fourth-order valence-electron chi connectivity index (χ4n) is 1.55. The molecular formula is C13H17N3O. The molecule has 4 heteroatoms. The third-order valence-corrected chi connectivity index (χ3v) is 2.65. The normalized spacial score (nSPS) is 11.9. The Morgan fingerprint density at radius 3 is 2.65 bits per heavy atom. The highest BCUT2D eigenvalue weighted by Gasteiger charge is 2.19. The molecule has 0 bridgehead atoms. The molecule has 1 N–H and O–H groups in total. The second-order valence-corrected chi connectivity index (χ2v) is 3.75. The van der Waals surface area contributed by atoms with Crippen LogP contribution >= 0.6 is 0 Å². The van der Waals surface area contributed by atoms with Crippen LogP contribution in [0.2, 0.25) is 0 Å². The van der Waals surface area contributed by atoms with Crippen LogP contribution in [0.5, 0.6) is 0 Å². The van der Waals surface area contributed by atoms with Crippen molar-refractivity contribution < 1.29 is 4.79 Å². The summed E-state index contributed by atoms with van der Waals surface area (Å²) in [6, 6.07) is 11.1. The van der Waals surface area contributed by atoms with Gasteiger partial charge in [-0.15, -0.1) is 0 Å². The quantitative estimate of drug-likeness (QED) is 0.787. The molecule has 0 aliphatic heterocycles. The average Bonchev–Trinajstić information content (AvgIpc) is 2.36. The van der Waals surface area contributed by atoms with Crippen molar-refractivity contribution in [1.82, 2.24) is 4.90 Å². The molecule has 0 aliphatic carbocycles. The number of benzene rings is 1. The number of carbonyl (C=O) groups is 1. The van der Waals surface area contributed by atoms with Gasteiger partial charge in [0.05, 0.1) is 18.7 Å². The van der Waals surface area contributed by atoms with E-state index in [-0.39, 0.29) is 18.5 Å². The van der Waals surface area contributed by atoms with Gasteiger partial charge in [0.25, 0.3) is 0 Å². The third-order valence-electron chi connectivity index (χ3n) is 2.65. The van der Waals surface area contributed by atoms with Crippen molar-refractivity contribution in [3.8, 4) is 6.07 Å². The molecule has 0 aliphatic rings. The Balaban J connectivity index is 2.61. The molecule has 0 fully saturated rings. The number of amides is 1. The lowest BCUT2D eigenvalue weighted by Crippen LogP contribution is -2.42. The zero-order valence-corrected chi connectivity index (χ0v) is 10.2. The van der Waals surface area contributed by atoms with E-state index in [0.29, 0.717) is 6.54 Å². The Hall–Kier alpha value is -1.86. The number of anilines is 1. The van der Waals surface area contributed by atoms with Gasteiger partial charge in [0, 0.05) is 5.69 Å². The number of nitrogens with one attached hydrogen (secondary N) is 1. The molecule has 1 aromatic carbocycles. The fourth-order valence-corrected chi connectivity index (χ4v) is 1.55. The highest BCUT2D eigenvalue weighted by atomic mass is 16.2. The molecule has 1 unspecified atom stereocenters. The van der Waals surface area contributed by atoms with E-state index in [2.05, 4.69) is 11.4 Å². The standard InChI is InChI=1S/C13H17N3O/c1-3-16(10-9-14)11(2)13(17)15-12-7-5-4-6-8-12/h4-8,11H,3,10H2,1-2H3,(H,15,17). The summed E-state index contributed by atoms with van der Waals surface area (Å²) in [5, 5.41) is 11.5. The second kappa shape index (κ2) is 6.66. The van der Waals surface area contributed by atoms with Crippen LogP contribution in [-0.2, 0) is 4.79 Å². The molecule has 0 spiro atoms. The summed E-state index contributed by atoms with van der Waals surface area (Å²) < 4.78 is 0. The number of hydrogen-bond acceptors (Lipinski definition) is 3. The van der Waals surface area contributed by atoms with E-state index in [1.807, 2.05) is 42.2 Å². The van der Waals surface area contributed by atoms with Gasteiger partial charge in [0.2, 0.25) is 5.91 Å². The Morgan fingerprint density at radius 1 is 1.47 bits per heavy atom. The number of nitriles is 1. The molecule has 0 heterocycles. The molecule has 90 valence electrons. The minimum atomic E-state index is -0.306. The number of rotatable bonds is 5. The van der Waals surface area contributed by atoms with Gasteiger partial charge < -0.3 is 5.32 Å². The fraction of sp³-hybridized carbons (Fsp3) is 0.385. The first-order valence-corrected chi connectivity index (χ1v) is 5.66. The van der Waals surface area contributed by atoms with Gasteiger partial charge in [-0.2, -0.15) is 5.26 Å². The molecule has 4 nitrogen and oxygen atoms in total. The van der Waals surface area contributed by atoms with Crippen molar-refractivity contribution in [2.75, 3.05) is 18.4 Å². The van der Waals surface area contributed by atoms with Gasteiger partial charge in [-0.1, -0.05) is 25.1 Å². The van der Waals surface area contributed by atoms with E-state index in [0.717, 1.165) is 5.69 Å². The second-order valence-electron chi connectivity index (χ2n) is 3.75. The smallest absolute Gasteiger partial charge is 0.241 e. The summed E-state index contributed by atoms with van der Waals surface area (Å²) in [7, 11) is 0. The molecule has 0 saturated carbocycles. The SMILES string of the molecule is CCN(CC#N)C(C)C(=O)Nc1ccccc1. The Labute approximate surface area is 102 Å². The van der Waals surface area contributed by atoms with Crippen LogP contribution in [-0.4, -0.2) is 29.9 Å². The molecule has 1 aromatic rings. The third kappa shape index (κ3) is 3.89. The summed E-state index contributed by atoms with van der Waals surface area (Å²) in [5.41, 5.74) is 0.775. The summed E-state index contributed by atoms with van der Waals surface area (Å²) >= 11 is 0. The van der Waals surface area contributed by atoms with Crippen LogP contribution in [0, 0.1) is 11.3 Å². The van der Waals surface area contributed by atoms with Crippen LogP contribution < -0.4 is 5.32 Å². The van der Waals surface area contributed by atoms with Gasteiger partial charge in [-0.3, -0.25) is 9.69 Å². The topological polar surface area (TPSA) is 56.1 Å². The van der Waals surface area contributed by atoms with Crippen LogP contribution in [0.1, 0.15) is 13.8 Å². The maximum Gasteiger partial charge on any atom is 0.241 e. The van der Waals surface area contributed by atoms with Gasteiger partial charge in [-0.25, -0.2) is 0 Å². The van der Waals surface area contributed by atoms with Crippen molar-refractivity contribution in [2.24, 2.45) is 0 Å². The van der Waals surface area contributed by atoms with Gasteiger partial charge >= 0.3 is 0 Å². The predicted octanol–water partition coefficient (Wildman–Crippen LogP) is 1.86. The first-order valence-electron chi connectivity index (χ1n) is 5.66. The van der Waals surface area contributed by atoms with Crippen LogP contribution in [0.25, 0.3) is 0 Å². The molecule has 0 radical (unpaired) electrons. The summed E-state index contributed by atoms with van der Waals surface area (Å²) in [5.74, 6) is -0.0895. The molecule has 1 rings (SSSR count). The van der Waals surface area contributed by atoms with Crippen molar-refractivity contribution >= 4 is 11.6 Å². The van der Waals surface area contributed by atoms with Crippen molar-refractivity contribution in [3.63, 3.8) is 0 Å². The highest BCUT2D eigenvalue weighted by molar-refractivity contribution is 5.94. The number of carbonyl (C=O) groups excluding carboxylic acids is 1. The number of nitrogens with zero attached hydrogens (tertiary/aromatic N) is 2. The highest BCUT2D eigenvalue weighted by Crippen LogP contribution is 2.07. The van der Waals surface area contributed by atoms with Gasteiger partial charge in [0.15, 0.2) is 0 Å². The van der Waals surface area contributed by atoms with E-state index < -0.39 is 0 Å². The Bertz CT molecular complexity index is 397. The largest absolute Gasteiger partial charge is 0.325 e. The lowest BCUT2D eigenvalue weighted by molar-refractivity contribution is -0.120. The first kappa shape index (κ1) is 13.2. The minimum absolute atomic E-state index is 0.0895. The van der Waals surface area contributed by atoms with Crippen LogP contribution in [0.3, 0.4) is 0 Å².